The number of hydrogen-bond acceptors (Lipinski definition) is 3. The molecule has 1 aromatic rings. The summed E-state index contributed by atoms with van der Waals surface area (Å²) >= 11 is 0. The number of rotatable bonds is 4. The highest BCUT2D eigenvalue weighted by Gasteiger charge is 2.09. The van der Waals surface area contributed by atoms with Crippen molar-refractivity contribution >= 4 is 5.97 Å². The maximum atomic E-state index is 13.2. The first-order chi connectivity index (χ1) is 7.00. The van der Waals surface area contributed by atoms with Crippen LogP contribution in [0.5, 0.6) is 0 Å². The summed E-state index contributed by atoms with van der Waals surface area (Å²) in [6, 6.07) is 4.08. The number of hydrazine groups is 1. The van der Waals surface area contributed by atoms with Crippen LogP contribution in [0.3, 0.4) is 0 Å². The highest BCUT2D eigenvalue weighted by molar-refractivity contribution is 5.87. The van der Waals surface area contributed by atoms with Gasteiger partial charge in [0.1, 0.15) is 5.82 Å². The van der Waals surface area contributed by atoms with E-state index in [0.717, 1.165) is 0 Å². The fraction of sp³-hybridized carbons (Fsp3) is 0.300. The highest BCUT2D eigenvalue weighted by Crippen LogP contribution is 2.10. The van der Waals surface area contributed by atoms with Crippen LogP contribution in [-0.2, 0) is 6.54 Å². The SMILES string of the molecule is CN(C)NCc1ccc(C(=O)O)c(F)c1. The molecule has 0 heterocycles. The van der Waals surface area contributed by atoms with Gasteiger partial charge in [0.15, 0.2) is 0 Å². The van der Waals surface area contributed by atoms with Gasteiger partial charge < -0.3 is 5.11 Å². The average molecular weight is 212 g/mol. The minimum Gasteiger partial charge on any atom is -0.478 e. The van der Waals surface area contributed by atoms with Crippen molar-refractivity contribution in [1.82, 2.24) is 10.4 Å². The summed E-state index contributed by atoms with van der Waals surface area (Å²) in [5, 5.41) is 10.3. The number of nitrogens with zero attached hydrogens (tertiary/aromatic N) is 1. The third-order valence-corrected chi connectivity index (χ3v) is 1.86. The number of halogens is 1. The van der Waals surface area contributed by atoms with Crippen LogP contribution in [0.1, 0.15) is 15.9 Å². The molecule has 82 valence electrons. The molecule has 0 saturated carbocycles. The number of carboxylic acids is 1. The van der Waals surface area contributed by atoms with Gasteiger partial charge in [-0.15, -0.1) is 0 Å². The zero-order chi connectivity index (χ0) is 11.4. The first kappa shape index (κ1) is 11.6. The van der Waals surface area contributed by atoms with Crippen molar-refractivity contribution in [2.45, 2.75) is 6.54 Å². The predicted octanol–water partition coefficient (Wildman–Crippen LogP) is 1.09. The molecule has 0 aliphatic rings. The maximum absolute atomic E-state index is 13.2. The molecule has 0 atom stereocenters. The third kappa shape index (κ3) is 3.30. The van der Waals surface area contributed by atoms with Crippen LogP contribution in [-0.4, -0.2) is 30.2 Å². The van der Waals surface area contributed by atoms with E-state index in [9.17, 15) is 9.18 Å². The molecule has 1 rings (SSSR count). The van der Waals surface area contributed by atoms with Crippen LogP contribution in [0.15, 0.2) is 18.2 Å². The Balaban J connectivity index is 2.78. The van der Waals surface area contributed by atoms with E-state index in [1.165, 1.54) is 12.1 Å². The van der Waals surface area contributed by atoms with Gasteiger partial charge >= 0.3 is 5.97 Å². The van der Waals surface area contributed by atoms with E-state index >= 15 is 0 Å². The smallest absolute Gasteiger partial charge is 0.338 e. The van der Waals surface area contributed by atoms with E-state index in [4.69, 9.17) is 5.11 Å². The molecule has 15 heavy (non-hydrogen) atoms. The van der Waals surface area contributed by atoms with Gasteiger partial charge in [-0.2, -0.15) is 0 Å². The molecule has 0 aliphatic carbocycles. The van der Waals surface area contributed by atoms with Gasteiger partial charge in [-0.25, -0.2) is 9.18 Å². The van der Waals surface area contributed by atoms with Crippen LogP contribution in [0.4, 0.5) is 4.39 Å². The molecule has 5 heteroatoms. The van der Waals surface area contributed by atoms with E-state index in [0.29, 0.717) is 12.1 Å². The van der Waals surface area contributed by atoms with E-state index in [2.05, 4.69) is 5.43 Å². The highest BCUT2D eigenvalue weighted by atomic mass is 19.1. The molecule has 0 aromatic heterocycles. The van der Waals surface area contributed by atoms with Crippen molar-refractivity contribution in [3.8, 4) is 0 Å². The topological polar surface area (TPSA) is 52.6 Å². The maximum Gasteiger partial charge on any atom is 0.338 e. The summed E-state index contributed by atoms with van der Waals surface area (Å²) in [5.74, 6) is -1.96. The van der Waals surface area contributed by atoms with Crippen molar-refractivity contribution in [2.75, 3.05) is 14.1 Å². The molecular weight excluding hydrogens is 199 g/mol. The molecular formula is C10H13FN2O2. The summed E-state index contributed by atoms with van der Waals surface area (Å²) in [6.07, 6.45) is 0. The number of carbonyl (C=O) groups is 1. The van der Waals surface area contributed by atoms with Crippen molar-refractivity contribution in [1.29, 1.82) is 0 Å². The molecule has 1 aromatic carbocycles. The van der Waals surface area contributed by atoms with Crippen molar-refractivity contribution < 1.29 is 14.3 Å². The molecule has 0 fully saturated rings. The molecule has 0 aliphatic heterocycles. The molecule has 4 nitrogen and oxygen atoms in total. The Hall–Kier alpha value is -1.46. The van der Waals surface area contributed by atoms with Gasteiger partial charge in [0.2, 0.25) is 0 Å². The summed E-state index contributed by atoms with van der Waals surface area (Å²) in [4.78, 5) is 10.5. The van der Waals surface area contributed by atoms with E-state index in [1.54, 1.807) is 11.1 Å². The van der Waals surface area contributed by atoms with Crippen molar-refractivity contribution in [3.05, 3.63) is 35.1 Å². The van der Waals surface area contributed by atoms with Gasteiger partial charge in [-0.3, -0.25) is 10.4 Å². The van der Waals surface area contributed by atoms with Crippen LogP contribution in [0.2, 0.25) is 0 Å². The first-order valence-electron chi connectivity index (χ1n) is 4.43. The van der Waals surface area contributed by atoms with E-state index in [-0.39, 0.29) is 5.56 Å². The Bertz CT molecular complexity index is 366. The number of hydrogen-bond donors (Lipinski definition) is 2. The van der Waals surface area contributed by atoms with Crippen molar-refractivity contribution in [3.63, 3.8) is 0 Å². The molecule has 0 radical (unpaired) electrons. The summed E-state index contributed by atoms with van der Waals surface area (Å²) in [5.41, 5.74) is 3.35. The van der Waals surface area contributed by atoms with Gasteiger partial charge in [0.05, 0.1) is 5.56 Å². The Morgan fingerprint density at radius 3 is 2.67 bits per heavy atom. The van der Waals surface area contributed by atoms with Gasteiger partial charge in [-0.1, -0.05) is 6.07 Å². The Morgan fingerprint density at radius 1 is 1.53 bits per heavy atom. The lowest BCUT2D eigenvalue weighted by molar-refractivity contribution is 0.0692. The summed E-state index contributed by atoms with van der Waals surface area (Å²) in [7, 11) is 3.64. The summed E-state index contributed by atoms with van der Waals surface area (Å²) in [6.45, 7) is 0.462. The van der Waals surface area contributed by atoms with E-state index in [1.807, 2.05) is 14.1 Å². The van der Waals surface area contributed by atoms with Crippen LogP contribution >= 0.6 is 0 Å². The largest absolute Gasteiger partial charge is 0.478 e. The number of benzene rings is 1. The zero-order valence-electron chi connectivity index (χ0n) is 8.62. The normalized spacial score (nSPS) is 10.7. The third-order valence-electron chi connectivity index (χ3n) is 1.86. The van der Waals surface area contributed by atoms with Crippen LogP contribution in [0, 0.1) is 5.82 Å². The van der Waals surface area contributed by atoms with Crippen molar-refractivity contribution in [2.24, 2.45) is 0 Å². The molecule has 2 N–H and O–H groups in total. The van der Waals surface area contributed by atoms with Gasteiger partial charge in [0, 0.05) is 20.6 Å². The number of aromatic carboxylic acids is 1. The monoisotopic (exact) mass is 212 g/mol. The summed E-state index contributed by atoms with van der Waals surface area (Å²) < 4.78 is 13.2. The minimum atomic E-state index is -1.25. The zero-order valence-corrected chi connectivity index (χ0v) is 8.62. The Kier molecular flexibility index (Phi) is 3.76. The average Bonchev–Trinajstić information content (AvgIpc) is 2.14. The fourth-order valence-corrected chi connectivity index (χ4v) is 1.09. The number of nitrogens with one attached hydrogen (secondary N) is 1. The molecule has 0 bridgehead atoms. The lowest BCUT2D eigenvalue weighted by Crippen LogP contribution is -2.29. The predicted molar refractivity (Wildman–Crippen MR) is 53.9 cm³/mol. The molecule has 0 amide bonds. The van der Waals surface area contributed by atoms with E-state index < -0.39 is 11.8 Å². The second-order valence-corrected chi connectivity index (χ2v) is 3.35. The Morgan fingerprint density at radius 2 is 2.20 bits per heavy atom. The standard InChI is InChI=1S/C10H13FN2O2/c1-13(2)12-6-7-3-4-8(10(14)15)9(11)5-7/h3-5,12H,6H2,1-2H3,(H,14,15). The quantitative estimate of drug-likeness (QED) is 0.733. The lowest BCUT2D eigenvalue weighted by Gasteiger charge is -2.11. The lowest BCUT2D eigenvalue weighted by atomic mass is 10.1. The second kappa shape index (κ2) is 4.86. The minimum absolute atomic E-state index is 0.302. The molecule has 0 unspecified atom stereocenters. The second-order valence-electron chi connectivity index (χ2n) is 3.35. The molecule has 0 spiro atoms. The Labute approximate surface area is 87.3 Å². The van der Waals surface area contributed by atoms with Gasteiger partial charge in [0.25, 0.3) is 0 Å². The fourth-order valence-electron chi connectivity index (χ4n) is 1.09. The molecule has 0 saturated heterocycles. The van der Waals surface area contributed by atoms with Gasteiger partial charge in [-0.05, 0) is 17.7 Å². The van der Waals surface area contributed by atoms with Crippen LogP contribution in [0.25, 0.3) is 0 Å². The van der Waals surface area contributed by atoms with Crippen LogP contribution < -0.4 is 5.43 Å². The first-order valence-corrected chi connectivity index (χ1v) is 4.43. The number of carboxylic acid groups (broad SMARTS) is 1.